The van der Waals surface area contributed by atoms with Gasteiger partial charge in [0.05, 0.1) is 0 Å². The van der Waals surface area contributed by atoms with Crippen LogP contribution >= 0.6 is 24.0 Å². The molecule has 0 heterocycles. The van der Waals surface area contributed by atoms with Gasteiger partial charge in [-0.2, -0.15) is 0 Å². The van der Waals surface area contributed by atoms with E-state index in [9.17, 15) is 9.18 Å². The normalized spacial score (nSPS) is 14.3. The summed E-state index contributed by atoms with van der Waals surface area (Å²) in [6.45, 7) is 5.31. The average molecular weight is 538 g/mol. The zero-order valence-corrected chi connectivity index (χ0v) is 20.7. The zero-order chi connectivity index (χ0) is 21.6. The van der Waals surface area contributed by atoms with Crippen LogP contribution in [-0.2, 0) is 16.8 Å². The third-order valence-electron chi connectivity index (χ3n) is 5.66. The minimum Gasteiger partial charge on any atom is -0.356 e. The number of nitrogens with one attached hydrogen (secondary N) is 3. The molecule has 5 nitrogen and oxygen atoms in total. The molecular formula is C24H32FIN4O. The first-order valence-electron chi connectivity index (χ1n) is 10.5. The van der Waals surface area contributed by atoms with Gasteiger partial charge in [-0.05, 0) is 48.2 Å². The predicted octanol–water partition coefficient (Wildman–Crippen LogP) is 4.83. The molecule has 1 amide bonds. The number of rotatable bonds is 7. The van der Waals surface area contributed by atoms with Crippen molar-refractivity contribution in [2.24, 2.45) is 10.9 Å². The third kappa shape index (κ3) is 7.19. The fraction of sp³-hybridized carbons (Fsp3) is 0.417. The maximum atomic E-state index is 13.6. The first-order valence-corrected chi connectivity index (χ1v) is 10.5. The molecule has 0 saturated heterocycles. The minimum atomic E-state index is -0.258. The molecule has 0 radical (unpaired) electrons. The average Bonchev–Trinajstić information content (AvgIpc) is 2.67. The highest BCUT2D eigenvalue weighted by atomic mass is 127. The van der Waals surface area contributed by atoms with Gasteiger partial charge in [0.2, 0.25) is 5.91 Å². The molecule has 0 atom stereocenters. The molecule has 2 aromatic carbocycles. The van der Waals surface area contributed by atoms with E-state index in [1.165, 1.54) is 6.07 Å². The van der Waals surface area contributed by atoms with Crippen molar-refractivity contribution in [3.8, 4) is 0 Å². The van der Waals surface area contributed by atoms with Crippen LogP contribution in [0.1, 0.15) is 44.2 Å². The monoisotopic (exact) mass is 538 g/mol. The van der Waals surface area contributed by atoms with Gasteiger partial charge in [0.15, 0.2) is 5.96 Å². The number of carbonyl (C=O) groups excluding carboxylic acids is 1. The van der Waals surface area contributed by atoms with E-state index in [2.05, 4.69) is 34.8 Å². The Morgan fingerprint density at radius 1 is 1.13 bits per heavy atom. The maximum Gasteiger partial charge on any atom is 0.227 e. The lowest BCUT2D eigenvalue weighted by Gasteiger charge is -2.27. The van der Waals surface area contributed by atoms with Gasteiger partial charge in [-0.3, -0.25) is 9.79 Å². The SMILES string of the molecule is CN=C(NCc1cccc(NC(=O)C2CCC2)c1)NCC(C)(C)c1cccc(F)c1.I. The summed E-state index contributed by atoms with van der Waals surface area (Å²) in [6, 6.07) is 14.5. The molecule has 31 heavy (non-hydrogen) atoms. The van der Waals surface area contributed by atoms with Crippen LogP contribution in [0.2, 0.25) is 0 Å². The Labute approximate surface area is 201 Å². The van der Waals surface area contributed by atoms with E-state index >= 15 is 0 Å². The summed E-state index contributed by atoms with van der Waals surface area (Å²) in [6.07, 6.45) is 3.12. The van der Waals surface area contributed by atoms with Crippen molar-refractivity contribution in [1.29, 1.82) is 0 Å². The molecular weight excluding hydrogens is 506 g/mol. The van der Waals surface area contributed by atoms with Gasteiger partial charge in [-0.15, -0.1) is 24.0 Å². The Balaban J connectivity index is 0.00000341. The fourth-order valence-electron chi connectivity index (χ4n) is 3.40. The zero-order valence-electron chi connectivity index (χ0n) is 18.4. The highest BCUT2D eigenvalue weighted by Gasteiger charge is 2.25. The van der Waals surface area contributed by atoms with E-state index in [0.29, 0.717) is 19.0 Å². The van der Waals surface area contributed by atoms with Crippen LogP contribution in [0, 0.1) is 11.7 Å². The molecule has 0 aromatic heterocycles. The number of nitrogens with zero attached hydrogens (tertiary/aromatic N) is 1. The maximum absolute atomic E-state index is 13.6. The summed E-state index contributed by atoms with van der Waals surface area (Å²) in [5.41, 5.74) is 2.54. The van der Waals surface area contributed by atoms with Crippen molar-refractivity contribution >= 4 is 41.5 Å². The Hall–Kier alpha value is -2.16. The van der Waals surface area contributed by atoms with Gasteiger partial charge < -0.3 is 16.0 Å². The van der Waals surface area contributed by atoms with Crippen molar-refractivity contribution < 1.29 is 9.18 Å². The summed E-state index contributed by atoms with van der Waals surface area (Å²) in [7, 11) is 1.72. The lowest BCUT2D eigenvalue weighted by atomic mass is 9.84. The van der Waals surface area contributed by atoms with Crippen molar-refractivity contribution in [3.05, 3.63) is 65.5 Å². The second-order valence-electron chi connectivity index (χ2n) is 8.49. The quantitative estimate of drug-likeness (QED) is 0.269. The molecule has 1 aliphatic carbocycles. The smallest absolute Gasteiger partial charge is 0.227 e. The lowest BCUT2D eigenvalue weighted by molar-refractivity contribution is -0.122. The van der Waals surface area contributed by atoms with Crippen LogP contribution < -0.4 is 16.0 Å². The van der Waals surface area contributed by atoms with Crippen molar-refractivity contribution in [1.82, 2.24) is 10.6 Å². The predicted molar refractivity (Wildman–Crippen MR) is 135 cm³/mol. The van der Waals surface area contributed by atoms with Crippen LogP contribution in [0.5, 0.6) is 0 Å². The van der Waals surface area contributed by atoms with Crippen molar-refractivity contribution in [3.63, 3.8) is 0 Å². The summed E-state index contributed by atoms with van der Waals surface area (Å²) in [5.74, 6) is 0.718. The highest BCUT2D eigenvalue weighted by molar-refractivity contribution is 14.0. The summed E-state index contributed by atoms with van der Waals surface area (Å²) in [5, 5.41) is 9.63. The van der Waals surface area contributed by atoms with Crippen LogP contribution in [0.25, 0.3) is 0 Å². The molecule has 168 valence electrons. The molecule has 0 bridgehead atoms. The van der Waals surface area contributed by atoms with Gasteiger partial charge in [0.1, 0.15) is 5.82 Å². The minimum absolute atomic E-state index is 0. The molecule has 3 rings (SSSR count). The molecule has 0 spiro atoms. The summed E-state index contributed by atoms with van der Waals surface area (Å²) >= 11 is 0. The number of benzene rings is 2. The number of amides is 1. The number of hydrogen-bond donors (Lipinski definition) is 3. The van der Waals surface area contributed by atoms with E-state index < -0.39 is 0 Å². The Bertz CT molecular complexity index is 912. The third-order valence-corrected chi connectivity index (χ3v) is 5.66. The number of aliphatic imine (C=N–C) groups is 1. The van der Waals surface area contributed by atoms with E-state index in [1.807, 2.05) is 30.3 Å². The molecule has 1 saturated carbocycles. The van der Waals surface area contributed by atoms with Crippen LogP contribution in [-0.4, -0.2) is 25.5 Å². The van der Waals surface area contributed by atoms with Gasteiger partial charge in [0.25, 0.3) is 0 Å². The molecule has 2 aromatic rings. The number of anilines is 1. The molecule has 3 N–H and O–H groups in total. The standard InChI is InChI=1S/C24H31FN4O.HI/c1-24(2,19-10-6-11-20(25)14-19)16-28-23(26-3)27-15-17-7-4-12-21(13-17)29-22(30)18-8-5-9-18;/h4,6-7,10-14,18H,5,8-9,15-16H2,1-3H3,(H,29,30)(H2,26,27,28);1H. The highest BCUT2D eigenvalue weighted by Crippen LogP contribution is 2.27. The number of carbonyl (C=O) groups is 1. The Morgan fingerprint density at radius 3 is 2.52 bits per heavy atom. The van der Waals surface area contributed by atoms with E-state index in [4.69, 9.17) is 0 Å². The van der Waals surface area contributed by atoms with Crippen molar-refractivity contribution in [2.45, 2.75) is 45.1 Å². The summed E-state index contributed by atoms with van der Waals surface area (Å²) < 4.78 is 13.6. The van der Waals surface area contributed by atoms with Gasteiger partial charge in [0, 0.05) is 37.2 Å². The van der Waals surface area contributed by atoms with Crippen LogP contribution in [0.3, 0.4) is 0 Å². The van der Waals surface area contributed by atoms with Gasteiger partial charge in [-0.25, -0.2) is 4.39 Å². The second kappa shape index (κ2) is 11.5. The molecule has 0 unspecified atom stereocenters. The topological polar surface area (TPSA) is 65.5 Å². The number of halogens is 2. The van der Waals surface area contributed by atoms with Crippen LogP contribution in [0.4, 0.5) is 10.1 Å². The largest absolute Gasteiger partial charge is 0.356 e. The molecule has 0 aliphatic heterocycles. The Kier molecular flexibility index (Phi) is 9.28. The van der Waals surface area contributed by atoms with E-state index in [1.54, 1.807) is 19.2 Å². The first-order chi connectivity index (χ1) is 14.4. The fourth-order valence-corrected chi connectivity index (χ4v) is 3.40. The van der Waals surface area contributed by atoms with Gasteiger partial charge >= 0.3 is 0 Å². The first kappa shape index (κ1) is 25.1. The number of guanidine groups is 1. The lowest BCUT2D eigenvalue weighted by Crippen LogP contribution is -2.43. The van der Waals surface area contributed by atoms with E-state index in [0.717, 1.165) is 36.1 Å². The van der Waals surface area contributed by atoms with Gasteiger partial charge in [-0.1, -0.05) is 44.5 Å². The summed E-state index contributed by atoms with van der Waals surface area (Å²) in [4.78, 5) is 16.4. The van der Waals surface area contributed by atoms with Crippen molar-refractivity contribution in [2.75, 3.05) is 18.9 Å². The molecule has 1 aliphatic rings. The second-order valence-corrected chi connectivity index (χ2v) is 8.49. The van der Waals surface area contributed by atoms with Crippen LogP contribution in [0.15, 0.2) is 53.5 Å². The number of hydrogen-bond acceptors (Lipinski definition) is 2. The Morgan fingerprint density at radius 2 is 1.87 bits per heavy atom. The molecule has 7 heteroatoms. The molecule has 1 fully saturated rings. The van der Waals surface area contributed by atoms with E-state index in [-0.39, 0.29) is 47.0 Å².